The van der Waals surface area contributed by atoms with Crippen molar-refractivity contribution in [3.63, 3.8) is 0 Å². The first-order valence-corrected chi connectivity index (χ1v) is 6.34. The Morgan fingerprint density at radius 1 is 1.22 bits per heavy atom. The molecular formula is C14H20N4. The molecule has 18 heavy (non-hydrogen) atoms. The highest BCUT2D eigenvalue weighted by Crippen LogP contribution is 2.13. The third-order valence-electron chi connectivity index (χ3n) is 3.15. The fraction of sp³-hybridized carbons (Fsp3) is 0.429. The number of rotatable bonds is 5. The van der Waals surface area contributed by atoms with E-state index in [2.05, 4.69) is 41.0 Å². The van der Waals surface area contributed by atoms with E-state index < -0.39 is 0 Å². The maximum atomic E-state index is 4.52. The van der Waals surface area contributed by atoms with Crippen LogP contribution >= 0.6 is 0 Å². The van der Waals surface area contributed by atoms with Crippen molar-refractivity contribution in [3.8, 4) is 11.4 Å². The Morgan fingerprint density at radius 3 is 2.61 bits per heavy atom. The molecular weight excluding hydrogens is 224 g/mol. The van der Waals surface area contributed by atoms with E-state index in [0.717, 1.165) is 30.2 Å². The Morgan fingerprint density at radius 2 is 1.94 bits per heavy atom. The average Bonchev–Trinajstić information content (AvgIpc) is 2.85. The van der Waals surface area contributed by atoms with E-state index in [9.17, 15) is 0 Å². The summed E-state index contributed by atoms with van der Waals surface area (Å²) in [6.07, 6.45) is 0.897. The van der Waals surface area contributed by atoms with E-state index in [1.54, 1.807) is 0 Å². The van der Waals surface area contributed by atoms with Crippen molar-refractivity contribution in [1.82, 2.24) is 20.1 Å². The largest absolute Gasteiger partial charge is 0.304 e. The van der Waals surface area contributed by atoms with Crippen LogP contribution in [0, 0.1) is 0 Å². The van der Waals surface area contributed by atoms with Crippen LogP contribution in [0.2, 0.25) is 0 Å². The second-order valence-corrected chi connectivity index (χ2v) is 4.80. The Balaban J connectivity index is 1.99. The van der Waals surface area contributed by atoms with Gasteiger partial charge in [-0.1, -0.05) is 30.3 Å². The minimum absolute atomic E-state index is 0.557. The minimum Gasteiger partial charge on any atom is -0.304 e. The maximum absolute atomic E-state index is 4.52. The monoisotopic (exact) mass is 244 g/mol. The van der Waals surface area contributed by atoms with Crippen LogP contribution in [0.15, 0.2) is 30.3 Å². The lowest BCUT2D eigenvalue weighted by Gasteiger charge is -2.19. The second-order valence-electron chi connectivity index (χ2n) is 4.80. The Hall–Kier alpha value is -1.68. The Kier molecular flexibility index (Phi) is 4.10. The molecule has 0 atom stereocenters. The van der Waals surface area contributed by atoms with Gasteiger partial charge in [0.2, 0.25) is 0 Å². The predicted molar refractivity (Wildman–Crippen MR) is 73.3 cm³/mol. The minimum atomic E-state index is 0.557. The summed E-state index contributed by atoms with van der Waals surface area (Å²) in [6.45, 7) is 5.37. The number of likely N-dealkylation sites (N-methyl/N-ethyl adjacent to an activating group) is 1. The summed E-state index contributed by atoms with van der Waals surface area (Å²) in [4.78, 5) is 6.81. The van der Waals surface area contributed by atoms with Crippen molar-refractivity contribution in [2.75, 3.05) is 13.6 Å². The second kappa shape index (κ2) is 5.78. The Bertz CT molecular complexity index is 476. The number of nitrogens with one attached hydrogen (secondary N) is 1. The molecule has 2 aromatic rings. The molecule has 0 fully saturated rings. The molecule has 0 unspecified atom stereocenters. The highest BCUT2D eigenvalue weighted by molar-refractivity contribution is 5.53. The van der Waals surface area contributed by atoms with E-state index in [-0.39, 0.29) is 0 Å². The highest BCUT2D eigenvalue weighted by Gasteiger charge is 2.07. The number of hydrogen-bond acceptors (Lipinski definition) is 3. The van der Waals surface area contributed by atoms with Gasteiger partial charge in [-0.25, -0.2) is 4.98 Å². The smallest absolute Gasteiger partial charge is 0.181 e. The molecule has 1 aromatic carbocycles. The SMILES string of the molecule is CC(C)N(C)CCc1nc(-c2ccccc2)n[nH]1. The molecule has 4 nitrogen and oxygen atoms in total. The van der Waals surface area contributed by atoms with Gasteiger partial charge in [-0.05, 0) is 20.9 Å². The van der Waals surface area contributed by atoms with Crippen LogP contribution in [-0.2, 0) is 6.42 Å². The van der Waals surface area contributed by atoms with E-state index in [0.29, 0.717) is 6.04 Å². The predicted octanol–water partition coefficient (Wildman–Crippen LogP) is 2.35. The molecule has 0 saturated heterocycles. The molecule has 1 heterocycles. The molecule has 96 valence electrons. The van der Waals surface area contributed by atoms with Crippen molar-refractivity contribution in [3.05, 3.63) is 36.2 Å². The number of aromatic nitrogens is 3. The summed E-state index contributed by atoms with van der Waals surface area (Å²) in [5.74, 6) is 1.72. The summed E-state index contributed by atoms with van der Waals surface area (Å²) in [5.41, 5.74) is 1.05. The van der Waals surface area contributed by atoms with Crippen LogP contribution in [0.5, 0.6) is 0 Å². The quantitative estimate of drug-likeness (QED) is 0.878. The van der Waals surface area contributed by atoms with Crippen LogP contribution in [0.3, 0.4) is 0 Å². The summed E-state index contributed by atoms with van der Waals surface area (Å²) in [6, 6.07) is 10.6. The number of benzene rings is 1. The van der Waals surface area contributed by atoms with Crippen molar-refractivity contribution >= 4 is 0 Å². The van der Waals surface area contributed by atoms with E-state index in [1.165, 1.54) is 0 Å². The molecule has 2 rings (SSSR count). The normalized spacial score (nSPS) is 11.4. The van der Waals surface area contributed by atoms with Gasteiger partial charge in [0.1, 0.15) is 5.82 Å². The maximum Gasteiger partial charge on any atom is 0.181 e. The first-order chi connectivity index (χ1) is 8.66. The van der Waals surface area contributed by atoms with Gasteiger partial charge in [0.25, 0.3) is 0 Å². The van der Waals surface area contributed by atoms with Gasteiger partial charge in [-0.3, -0.25) is 5.10 Å². The number of hydrogen-bond donors (Lipinski definition) is 1. The molecule has 0 spiro atoms. The van der Waals surface area contributed by atoms with Gasteiger partial charge in [0.15, 0.2) is 5.82 Å². The molecule has 0 aliphatic carbocycles. The summed E-state index contributed by atoms with van der Waals surface area (Å²) < 4.78 is 0. The van der Waals surface area contributed by atoms with E-state index in [1.807, 2.05) is 30.3 Å². The highest BCUT2D eigenvalue weighted by atomic mass is 15.2. The van der Waals surface area contributed by atoms with Gasteiger partial charge in [0.05, 0.1) is 0 Å². The van der Waals surface area contributed by atoms with Crippen molar-refractivity contribution in [2.24, 2.45) is 0 Å². The zero-order valence-corrected chi connectivity index (χ0v) is 11.2. The van der Waals surface area contributed by atoms with E-state index >= 15 is 0 Å². The molecule has 4 heteroatoms. The molecule has 0 aliphatic heterocycles. The van der Waals surface area contributed by atoms with Crippen molar-refractivity contribution in [1.29, 1.82) is 0 Å². The van der Waals surface area contributed by atoms with E-state index in [4.69, 9.17) is 0 Å². The summed E-state index contributed by atoms with van der Waals surface area (Å²) >= 11 is 0. The lowest BCUT2D eigenvalue weighted by atomic mass is 10.2. The number of aromatic amines is 1. The lowest BCUT2D eigenvalue weighted by Crippen LogP contribution is -2.28. The molecule has 0 amide bonds. The van der Waals surface area contributed by atoms with Crippen LogP contribution in [0.1, 0.15) is 19.7 Å². The number of H-pyrrole nitrogens is 1. The van der Waals surface area contributed by atoms with Gasteiger partial charge >= 0.3 is 0 Å². The van der Waals surface area contributed by atoms with Crippen LogP contribution in [0.4, 0.5) is 0 Å². The first-order valence-electron chi connectivity index (χ1n) is 6.34. The van der Waals surface area contributed by atoms with Crippen molar-refractivity contribution in [2.45, 2.75) is 26.3 Å². The van der Waals surface area contributed by atoms with Gasteiger partial charge in [-0.15, -0.1) is 0 Å². The summed E-state index contributed by atoms with van der Waals surface area (Å²) in [5, 5.41) is 7.27. The van der Waals surface area contributed by atoms with Gasteiger partial charge in [0, 0.05) is 24.6 Å². The van der Waals surface area contributed by atoms with Gasteiger partial charge < -0.3 is 4.90 Å². The first kappa shape index (κ1) is 12.8. The molecule has 0 aliphatic rings. The summed E-state index contributed by atoms with van der Waals surface area (Å²) in [7, 11) is 2.12. The lowest BCUT2D eigenvalue weighted by molar-refractivity contribution is 0.276. The fourth-order valence-corrected chi connectivity index (χ4v) is 1.66. The zero-order chi connectivity index (χ0) is 13.0. The van der Waals surface area contributed by atoms with Gasteiger partial charge in [-0.2, -0.15) is 5.10 Å². The average molecular weight is 244 g/mol. The molecule has 0 radical (unpaired) electrons. The van der Waals surface area contributed by atoms with Crippen LogP contribution in [-0.4, -0.2) is 39.7 Å². The Labute approximate surface area is 108 Å². The fourth-order valence-electron chi connectivity index (χ4n) is 1.66. The number of nitrogens with zero attached hydrogens (tertiary/aromatic N) is 3. The molecule has 1 N–H and O–H groups in total. The van der Waals surface area contributed by atoms with Crippen LogP contribution in [0.25, 0.3) is 11.4 Å². The molecule has 0 bridgehead atoms. The third-order valence-corrected chi connectivity index (χ3v) is 3.15. The third kappa shape index (κ3) is 3.17. The van der Waals surface area contributed by atoms with Crippen LogP contribution < -0.4 is 0 Å². The topological polar surface area (TPSA) is 44.8 Å². The molecule has 1 aromatic heterocycles. The standard InChI is InChI=1S/C14H20N4/c1-11(2)18(3)10-9-13-15-14(17-16-13)12-7-5-4-6-8-12/h4-8,11H,9-10H2,1-3H3,(H,15,16,17). The van der Waals surface area contributed by atoms with Crippen molar-refractivity contribution < 1.29 is 0 Å². The zero-order valence-electron chi connectivity index (χ0n) is 11.2. The molecule has 0 saturated carbocycles.